The lowest BCUT2D eigenvalue weighted by molar-refractivity contribution is 0.411. The van der Waals surface area contributed by atoms with Gasteiger partial charge in [0.05, 0.1) is 7.11 Å². The number of aryl methyl sites for hydroxylation is 1. The first kappa shape index (κ1) is 13.1. The third-order valence-corrected chi connectivity index (χ3v) is 3.07. The average Bonchev–Trinajstić information content (AvgIpc) is 2.97. The summed E-state index contributed by atoms with van der Waals surface area (Å²) in [5.41, 5.74) is 8.06. The summed E-state index contributed by atoms with van der Waals surface area (Å²) in [6, 6.07) is 11.0. The number of pyridine rings is 1. The third kappa shape index (κ3) is 2.55. The fourth-order valence-corrected chi connectivity index (χ4v) is 2.03. The zero-order valence-electron chi connectivity index (χ0n) is 11.7. The first-order chi connectivity index (χ1) is 10.2. The zero-order chi connectivity index (χ0) is 14.8. The molecule has 3 rings (SSSR count). The van der Waals surface area contributed by atoms with Crippen LogP contribution >= 0.6 is 0 Å². The van der Waals surface area contributed by atoms with Crippen molar-refractivity contribution in [2.45, 2.75) is 6.92 Å². The van der Waals surface area contributed by atoms with Gasteiger partial charge in [0.2, 0.25) is 5.82 Å². The summed E-state index contributed by atoms with van der Waals surface area (Å²) in [6.45, 7) is 1.96. The Morgan fingerprint density at radius 3 is 2.71 bits per heavy atom. The lowest BCUT2D eigenvalue weighted by atomic mass is 10.1. The van der Waals surface area contributed by atoms with Crippen LogP contribution in [0.3, 0.4) is 0 Å². The topological polar surface area (TPSA) is 87.1 Å². The van der Waals surface area contributed by atoms with E-state index >= 15 is 0 Å². The molecule has 0 amide bonds. The molecule has 3 aromatic rings. The van der Waals surface area contributed by atoms with E-state index in [4.69, 9.17) is 15.0 Å². The van der Waals surface area contributed by atoms with Crippen LogP contribution in [-0.4, -0.2) is 22.2 Å². The second-order valence-electron chi connectivity index (χ2n) is 4.56. The minimum atomic E-state index is 0.339. The van der Waals surface area contributed by atoms with Gasteiger partial charge in [0.25, 0.3) is 5.89 Å². The Hall–Kier alpha value is -2.89. The lowest BCUT2D eigenvalue weighted by Crippen LogP contribution is -1.91. The number of nitrogens with zero attached hydrogens (tertiary/aromatic N) is 3. The molecule has 0 aliphatic carbocycles. The maximum absolute atomic E-state index is 5.65. The molecule has 0 saturated heterocycles. The molecule has 0 radical (unpaired) electrons. The average molecular weight is 282 g/mol. The largest absolute Gasteiger partial charge is 0.496 e. The van der Waals surface area contributed by atoms with Crippen molar-refractivity contribution in [3.63, 3.8) is 0 Å². The summed E-state index contributed by atoms with van der Waals surface area (Å²) in [6.07, 6.45) is 0. The van der Waals surface area contributed by atoms with Crippen molar-refractivity contribution in [2.24, 2.45) is 0 Å². The van der Waals surface area contributed by atoms with E-state index < -0.39 is 0 Å². The second kappa shape index (κ2) is 5.24. The molecular weight excluding hydrogens is 268 g/mol. The highest BCUT2D eigenvalue weighted by Crippen LogP contribution is 2.26. The van der Waals surface area contributed by atoms with E-state index in [2.05, 4.69) is 15.1 Å². The maximum atomic E-state index is 5.65. The van der Waals surface area contributed by atoms with E-state index in [1.165, 1.54) is 0 Å². The Kier molecular flexibility index (Phi) is 3.27. The van der Waals surface area contributed by atoms with E-state index in [-0.39, 0.29) is 0 Å². The minimum absolute atomic E-state index is 0.339. The Bertz CT molecular complexity index is 783. The smallest absolute Gasteiger partial charge is 0.276 e. The van der Waals surface area contributed by atoms with Gasteiger partial charge in [-0.2, -0.15) is 4.98 Å². The van der Waals surface area contributed by atoms with Gasteiger partial charge in [-0.25, -0.2) is 4.98 Å². The van der Waals surface area contributed by atoms with Crippen LogP contribution in [-0.2, 0) is 0 Å². The van der Waals surface area contributed by atoms with Crippen molar-refractivity contribution < 1.29 is 9.26 Å². The van der Waals surface area contributed by atoms with E-state index in [9.17, 15) is 0 Å². The van der Waals surface area contributed by atoms with Crippen molar-refractivity contribution >= 4 is 5.82 Å². The van der Waals surface area contributed by atoms with Crippen molar-refractivity contribution in [2.75, 3.05) is 12.8 Å². The van der Waals surface area contributed by atoms with Gasteiger partial charge in [-0.3, -0.25) is 0 Å². The number of nitrogen functional groups attached to an aromatic ring is 1. The van der Waals surface area contributed by atoms with Gasteiger partial charge in [-0.1, -0.05) is 11.2 Å². The highest BCUT2D eigenvalue weighted by molar-refractivity contribution is 5.61. The number of methoxy groups -OCH3 is 1. The maximum Gasteiger partial charge on any atom is 0.276 e. The van der Waals surface area contributed by atoms with Gasteiger partial charge in [-0.05, 0) is 42.8 Å². The molecule has 2 heterocycles. The molecule has 0 aliphatic rings. The molecule has 0 bridgehead atoms. The Morgan fingerprint density at radius 1 is 1.14 bits per heavy atom. The standard InChI is InChI=1S/C15H14N4O2/c1-9-8-10(6-7-12(9)20-2)14-18-15(21-19-14)11-4-3-5-13(16)17-11/h3-8H,1-2H3,(H2,16,17). The van der Waals surface area contributed by atoms with Crippen LogP contribution < -0.4 is 10.5 Å². The van der Waals surface area contributed by atoms with E-state index in [0.29, 0.717) is 23.2 Å². The number of ether oxygens (including phenoxy) is 1. The fourth-order valence-electron chi connectivity index (χ4n) is 2.03. The zero-order valence-corrected chi connectivity index (χ0v) is 11.7. The first-order valence-corrected chi connectivity index (χ1v) is 6.39. The molecule has 2 N–H and O–H groups in total. The summed E-state index contributed by atoms with van der Waals surface area (Å²) in [4.78, 5) is 8.51. The number of nitrogens with two attached hydrogens (primary N) is 1. The Morgan fingerprint density at radius 2 is 2.00 bits per heavy atom. The molecule has 0 atom stereocenters. The van der Waals surface area contributed by atoms with Crippen LogP contribution in [0.5, 0.6) is 5.75 Å². The summed E-state index contributed by atoms with van der Waals surface area (Å²) in [7, 11) is 1.64. The van der Waals surface area contributed by atoms with Crippen LogP contribution in [0, 0.1) is 6.92 Å². The summed E-state index contributed by atoms with van der Waals surface area (Å²) in [5, 5.41) is 3.98. The highest BCUT2D eigenvalue weighted by atomic mass is 16.5. The van der Waals surface area contributed by atoms with Crippen LogP contribution in [0.25, 0.3) is 23.0 Å². The van der Waals surface area contributed by atoms with Crippen molar-refractivity contribution in [3.8, 4) is 28.7 Å². The number of hydrogen-bond acceptors (Lipinski definition) is 6. The van der Waals surface area contributed by atoms with Gasteiger partial charge < -0.3 is 15.0 Å². The van der Waals surface area contributed by atoms with Gasteiger partial charge in [0, 0.05) is 5.56 Å². The fraction of sp³-hybridized carbons (Fsp3) is 0.133. The molecule has 106 valence electrons. The summed E-state index contributed by atoms with van der Waals surface area (Å²) >= 11 is 0. The number of hydrogen-bond donors (Lipinski definition) is 1. The predicted molar refractivity (Wildman–Crippen MR) is 78.7 cm³/mol. The monoisotopic (exact) mass is 282 g/mol. The molecule has 0 saturated carbocycles. The van der Waals surface area contributed by atoms with Crippen molar-refractivity contribution in [3.05, 3.63) is 42.0 Å². The summed E-state index contributed by atoms with van der Waals surface area (Å²) < 4.78 is 10.5. The lowest BCUT2D eigenvalue weighted by Gasteiger charge is -2.04. The van der Waals surface area contributed by atoms with Gasteiger partial charge in [0.1, 0.15) is 17.3 Å². The summed E-state index contributed by atoms with van der Waals surface area (Å²) in [5.74, 6) is 2.07. The molecule has 6 heteroatoms. The molecule has 1 aromatic carbocycles. The van der Waals surface area contributed by atoms with Crippen LogP contribution in [0.2, 0.25) is 0 Å². The quantitative estimate of drug-likeness (QED) is 0.794. The van der Waals surface area contributed by atoms with Crippen molar-refractivity contribution in [1.82, 2.24) is 15.1 Å². The third-order valence-electron chi connectivity index (χ3n) is 3.07. The molecule has 6 nitrogen and oxygen atoms in total. The second-order valence-corrected chi connectivity index (χ2v) is 4.56. The van der Waals surface area contributed by atoms with Gasteiger partial charge in [0.15, 0.2) is 0 Å². The van der Waals surface area contributed by atoms with E-state index in [0.717, 1.165) is 16.9 Å². The molecule has 0 unspecified atom stereocenters. The van der Waals surface area contributed by atoms with Crippen LogP contribution in [0.15, 0.2) is 40.9 Å². The van der Waals surface area contributed by atoms with Crippen molar-refractivity contribution in [1.29, 1.82) is 0 Å². The van der Waals surface area contributed by atoms with E-state index in [1.807, 2.05) is 25.1 Å². The Balaban J connectivity index is 1.96. The van der Waals surface area contributed by atoms with Gasteiger partial charge >= 0.3 is 0 Å². The molecular formula is C15H14N4O2. The van der Waals surface area contributed by atoms with E-state index in [1.54, 1.807) is 25.3 Å². The van der Waals surface area contributed by atoms with Crippen LogP contribution in [0.4, 0.5) is 5.82 Å². The molecule has 0 aliphatic heterocycles. The SMILES string of the molecule is COc1ccc(-c2noc(-c3cccc(N)n3)n2)cc1C. The first-order valence-electron chi connectivity index (χ1n) is 6.39. The van der Waals surface area contributed by atoms with Crippen LogP contribution in [0.1, 0.15) is 5.56 Å². The number of aromatic nitrogens is 3. The molecule has 0 spiro atoms. The van der Waals surface area contributed by atoms with Gasteiger partial charge in [-0.15, -0.1) is 0 Å². The number of benzene rings is 1. The molecule has 2 aromatic heterocycles. The number of anilines is 1. The Labute approximate surface area is 121 Å². The normalized spacial score (nSPS) is 10.6. The minimum Gasteiger partial charge on any atom is -0.496 e. The molecule has 0 fully saturated rings. The predicted octanol–water partition coefficient (Wildman–Crippen LogP) is 2.70. The highest BCUT2D eigenvalue weighted by Gasteiger charge is 2.12. The number of rotatable bonds is 3. The molecule has 21 heavy (non-hydrogen) atoms.